The lowest BCUT2D eigenvalue weighted by atomic mass is 10.3. The van der Waals surface area contributed by atoms with Gasteiger partial charge in [0, 0.05) is 26.3 Å². The van der Waals surface area contributed by atoms with Gasteiger partial charge in [-0.1, -0.05) is 17.7 Å². The van der Waals surface area contributed by atoms with Crippen LogP contribution >= 0.6 is 11.6 Å². The summed E-state index contributed by atoms with van der Waals surface area (Å²) in [4.78, 5) is 10.7. The monoisotopic (exact) mass is 324 g/mol. The minimum absolute atomic E-state index is 0.437. The number of rotatable bonds is 9. The van der Waals surface area contributed by atoms with Crippen LogP contribution in [0, 0.1) is 0 Å². The third-order valence-electron chi connectivity index (χ3n) is 2.91. The number of unbranched alkanes of at least 4 members (excludes halogenated alkanes) is 1. The second-order valence-electron chi connectivity index (χ2n) is 4.73. The number of allylic oxidation sites excluding steroid dienone is 1. The number of aliphatic imine (C=N–C) groups is 1. The van der Waals surface area contributed by atoms with Crippen LogP contribution in [0.25, 0.3) is 0 Å². The Balaban J connectivity index is 2.44. The molecule has 122 valence electrons. The molecular weight excluding hydrogens is 300 g/mol. The highest BCUT2D eigenvalue weighted by Gasteiger charge is 2.05. The number of hydrogen-bond donors (Lipinski definition) is 1. The maximum Gasteiger partial charge on any atom is 0.232 e. The van der Waals surface area contributed by atoms with Crippen LogP contribution in [0.15, 0.2) is 36.0 Å². The highest BCUT2D eigenvalue weighted by molar-refractivity contribution is 6.31. The van der Waals surface area contributed by atoms with Crippen molar-refractivity contribution in [2.24, 2.45) is 4.99 Å². The molecule has 22 heavy (non-hydrogen) atoms. The predicted molar refractivity (Wildman–Crippen MR) is 92.8 cm³/mol. The van der Waals surface area contributed by atoms with Crippen LogP contribution in [0.3, 0.4) is 0 Å². The van der Waals surface area contributed by atoms with E-state index < -0.39 is 0 Å². The third-order valence-corrected chi connectivity index (χ3v) is 3.20. The second-order valence-corrected chi connectivity index (χ2v) is 5.13. The van der Waals surface area contributed by atoms with Gasteiger partial charge in [0.1, 0.15) is 11.6 Å². The number of aromatic nitrogens is 1. The molecule has 0 aliphatic carbocycles. The van der Waals surface area contributed by atoms with Crippen molar-refractivity contribution in [3.63, 3.8) is 0 Å². The molecule has 0 bridgehead atoms. The Morgan fingerprint density at radius 3 is 3.09 bits per heavy atom. The molecule has 0 aliphatic rings. The van der Waals surface area contributed by atoms with E-state index in [1.54, 1.807) is 18.3 Å². The van der Waals surface area contributed by atoms with E-state index in [1.165, 1.54) is 0 Å². The van der Waals surface area contributed by atoms with Gasteiger partial charge in [0.2, 0.25) is 5.88 Å². The minimum atomic E-state index is 0.437. The summed E-state index contributed by atoms with van der Waals surface area (Å²) in [5.41, 5.74) is 0. The first-order valence-electron chi connectivity index (χ1n) is 7.52. The minimum Gasteiger partial charge on any atom is -0.475 e. The van der Waals surface area contributed by atoms with Crippen molar-refractivity contribution >= 4 is 17.6 Å². The Labute approximate surface area is 138 Å². The second kappa shape index (κ2) is 10.9. The maximum absolute atomic E-state index is 5.98. The number of halogens is 1. The molecule has 0 atom stereocenters. The molecule has 6 heteroatoms. The molecule has 0 aromatic carbocycles. The number of guanidine groups is 1. The van der Waals surface area contributed by atoms with Crippen molar-refractivity contribution in [3.8, 4) is 5.88 Å². The molecule has 0 saturated heterocycles. The first-order chi connectivity index (χ1) is 10.7. The average Bonchev–Trinajstić information content (AvgIpc) is 2.52. The summed E-state index contributed by atoms with van der Waals surface area (Å²) >= 11 is 5.98. The fraction of sp³-hybridized carbons (Fsp3) is 0.500. The number of hydrogen-bond acceptors (Lipinski definition) is 3. The van der Waals surface area contributed by atoms with Gasteiger partial charge in [-0.05, 0) is 31.9 Å². The zero-order chi connectivity index (χ0) is 16.2. The zero-order valence-electron chi connectivity index (χ0n) is 13.4. The molecule has 1 aromatic heterocycles. The van der Waals surface area contributed by atoms with Gasteiger partial charge >= 0.3 is 0 Å². The van der Waals surface area contributed by atoms with Gasteiger partial charge in [0.05, 0.1) is 6.54 Å². The lowest BCUT2D eigenvalue weighted by Gasteiger charge is -2.21. The summed E-state index contributed by atoms with van der Waals surface area (Å²) in [7, 11) is 2.03. The van der Waals surface area contributed by atoms with Crippen molar-refractivity contribution in [1.82, 2.24) is 15.2 Å². The van der Waals surface area contributed by atoms with E-state index in [1.807, 2.05) is 13.1 Å². The Hall–Kier alpha value is -1.75. The van der Waals surface area contributed by atoms with Crippen LogP contribution < -0.4 is 10.1 Å². The van der Waals surface area contributed by atoms with Crippen LogP contribution in [-0.4, -0.2) is 49.1 Å². The Morgan fingerprint density at radius 1 is 1.59 bits per heavy atom. The standard InChI is InChI=1S/C16H25ClN4O/c1-4-6-7-12-21(3)16(18-5-2)20-11-13-22-15-14(17)9-8-10-19-15/h4,8-10H,1,5-7,11-13H2,2-3H3,(H,18,20). The Bertz CT molecular complexity index is 479. The predicted octanol–water partition coefficient (Wildman–Crippen LogP) is 2.98. The number of pyridine rings is 1. The Morgan fingerprint density at radius 2 is 2.41 bits per heavy atom. The summed E-state index contributed by atoms with van der Waals surface area (Å²) in [5, 5.41) is 3.79. The molecule has 0 spiro atoms. The normalized spacial score (nSPS) is 11.1. The van der Waals surface area contributed by atoms with E-state index in [-0.39, 0.29) is 0 Å². The summed E-state index contributed by atoms with van der Waals surface area (Å²) in [5.74, 6) is 1.32. The molecule has 1 rings (SSSR count). The van der Waals surface area contributed by atoms with Gasteiger partial charge < -0.3 is 15.0 Å². The molecule has 1 aromatic rings. The molecule has 0 saturated carbocycles. The van der Waals surface area contributed by atoms with Crippen LogP contribution in [-0.2, 0) is 0 Å². The molecule has 1 N–H and O–H groups in total. The first kappa shape index (κ1) is 18.3. The quantitative estimate of drug-likeness (QED) is 0.328. The van der Waals surface area contributed by atoms with Crippen molar-refractivity contribution in [2.75, 3.05) is 33.3 Å². The topological polar surface area (TPSA) is 49.8 Å². The summed E-state index contributed by atoms with van der Waals surface area (Å²) < 4.78 is 5.53. The number of nitrogens with one attached hydrogen (secondary N) is 1. The van der Waals surface area contributed by atoms with E-state index in [9.17, 15) is 0 Å². The summed E-state index contributed by atoms with van der Waals surface area (Å²) in [6, 6.07) is 3.53. The largest absolute Gasteiger partial charge is 0.475 e. The van der Waals surface area contributed by atoms with Crippen molar-refractivity contribution in [2.45, 2.75) is 19.8 Å². The van der Waals surface area contributed by atoms with Crippen LogP contribution in [0.1, 0.15) is 19.8 Å². The molecular formula is C16H25ClN4O. The van der Waals surface area contributed by atoms with Gasteiger partial charge in [0.15, 0.2) is 5.96 Å². The lowest BCUT2D eigenvalue weighted by Crippen LogP contribution is -2.39. The van der Waals surface area contributed by atoms with E-state index in [4.69, 9.17) is 16.3 Å². The van der Waals surface area contributed by atoms with Gasteiger partial charge in [-0.3, -0.25) is 0 Å². The van der Waals surface area contributed by atoms with Crippen LogP contribution in [0.5, 0.6) is 5.88 Å². The third kappa shape index (κ3) is 6.80. The molecule has 0 aliphatic heterocycles. The molecule has 0 unspecified atom stereocenters. The molecule has 0 amide bonds. The maximum atomic E-state index is 5.98. The number of ether oxygens (including phenoxy) is 1. The summed E-state index contributed by atoms with van der Waals surface area (Å²) in [6.07, 6.45) is 5.65. The number of nitrogens with zero attached hydrogens (tertiary/aromatic N) is 3. The van der Waals surface area contributed by atoms with Crippen LogP contribution in [0.4, 0.5) is 0 Å². The average molecular weight is 325 g/mol. The van der Waals surface area contributed by atoms with E-state index in [2.05, 4.69) is 33.7 Å². The molecule has 0 radical (unpaired) electrons. The SMILES string of the molecule is C=CCCCN(C)C(=NCCOc1ncccc1Cl)NCC. The fourth-order valence-corrected chi connectivity index (χ4v) is 2.00. The summed E-state index contributed by atoms with van der Waals surface area (Å²) in [6.45, 7) is 8.54. The smallest absolute Gasteiger partial charge is 0.232 e. The van der Waals surface area contributed by atoms with Gasteiger partial charge in [-0.2, -0.15) is 0 Å². The molecule has 0 fully saturated rings. The van der Waals surface area contributed by atoms with Crippen molar-refractivity contribution in [3.05, 3.63) is 36.0 Å². The molecule has 1 heterocycles. The Kier molecular flexibility index (Phi) is 9.07. The van der Waals surface area contributed by atoms with Crippen molar-refractivity contribution < 1.29 is 4.74 Å². The van der Waals surface area contributed by atoms with Crippen LogP contribution in [0.2, 0.25) is 5.02 Å². The highest BCUT2D eigenvalue weighted by Crippen LogP contribution is 2.19. The van der Waals surface area contributed by atoms with E-state index in [0.717, 1.165) is 31.9 Å². The van der Waals surface area contributed by atoms with Crippen molar-refractivity contribution in [1.29, 1.82) is 0 Å². The zero-order valence-corrected chi connectivity index (χ0v) is 14.1. The lowest BCUT2D eigenvalue weighted by molar-refractivity contribution is 0.315. The highest BCUT2D eigenvalue weighted by atomic mass is 35.5. The van der Waals surface area contributed by atoms with E-state index in [0.29, 0.717) is 24.1 Å². The van der Waals surface area contributed by atoms with Gasteiger partial charge in [-0.15, -0.1) is 6.58 Å². The van der Waals surface area contributed by atoms with Gasteiger partial charge in [0.25, 0.3) is 0 Å². The molecule has 5 nitrogen and oxygen atoms in total. The fourth-order valence-electron chi connectivity index (χ4n) is 1.82. The van der Waals surface area contributed by atoms with E-state index >= 15 is 0 Å². The van der Waals surface area contributed by atoms with Gasteiger partial charge in [-0.25, -0.2) is 9.98 Å². The first-order valence-corrected chi connectivity index (χ1v) is 7.90.